The van der Waals surface area contributed by atoms with Gasteiger partial charge in [0, 0.05) is 11.4 Å². The van der Waals surface area contributed by atoms with E-state index in [4.69, 9.17) is 42.1 Å². The first-order valence-corrected chi connectivity index (χ1v) is 14.3. The number of ether oxygens (including phenoxy) is 4. The second-order valence-corrected chi connectivity index (χ2v) is 9.71. The minimum absolute atomic E-state index is 0.125. The van der Waals surface area contributed by atoms with Crippen LogP contribution in [0.1, 0.15) is 0 Å². The van der Waals surface area contributed by atoms with Crippen molar-refractivity contribution in [3.05, 3.63) is 72.8 Å². The number of anilines is 2. The summed E-state index contributed by atoms with van der Waals surface area (Å²) in [7, 11) is 6.13. The Morgan fingerprint density at radius 3 is 1.09 bits per heavy atom. The molecule has 0 saturated carbocycles. The van der Waals surface area contributed by atoms with Crippen molar-refractivity contribution in [2.75, 3.05) is 50.8 Å². The molecule has 4 aromatic carbocycles. The van der Waals surface area contributed by atoms with Crippen molar-refractivity contribution in [2.24, 2.45) is 10.2 Å². The zero-order valence-corrected chi connectivity index (χ0v) is 26.0. The van der Waals surface area contributed by atoms with Crippen LogP contribution in [0.25, 0.3) is 22.3 Å². The monoisotopic (exact) mass is 636 g/mol. The Morgan fingerprint density at radius 1 is 0.545 bits per heavy atom. The van der Waals surface area contributed by atoms with E-state index in [1.54, 1.807) is 24.3 Å². The van der Waals surface area contributed by atoms with Gasteiger partial charge in [-0.05, 0) is 70.8 Å². The van der Waals surface area contributed by atoms with Gasteiger partial charge in [0.05, 0.1) is 28.4 Å². The summed E-state index contributed by atoms with van der Waals surface area (Å²) in [6.45, 7) is 0. The lowest BCUT2D eigenvalue weighted by atomic mass is 10.0. The molecule has 2 N–H and O–H groups in total. The summed E-state index contributed by atoms with van der Waals surface area (Å²) in [4.78, 5) is 23.2. The lowest BCUT2D eigenvalue weighted by Gasteiger charge is -2.14. The Hall–Kier alpha value is -4.80. The topological polar surface area (TPSA) is 120 Å². The van der Waals surface area contributed by atoms with Crippen LogP contribution in [-0.2, 0) is 9.59 Å². The molecular formula is C32H30Cl2N4O6. The highest BCUT2D eigenvalue weighted by Gasteiger charge is 2.17. The number of azo groups is 1. The van der Waals surface area contributed by atoms with E-state index in [0.29, 0.717) is 45.7 Å². The fourth-order valence-corrected chi connectivity index (χ4v) is 4.43. The van der Waals surface area contributed by atoms with Crippen LogP contribution >= 0.6 is 23.2 Å². The van der Waals surface area contributed by atoms with Crippen LogP contribution in [-0.4, -0.2) is 52.0 Å². The molecule has 2 amide bonds. The summed E-state index contributed by atoms with van der Waals surface area (Å²) in [5, 5.41) is 14.4. The highest BCUT2D eigenvalue weighted by Crippen LogP contribution is 2.46. The molecule has 228 valence electrons. The fourth-order valence-electron chi connectivity index (χ4n) is 4.30. The van der Waals surface area contributed by atoms with Crippen molar-refractivity contribution in [2.45, 2.75) is 0 Å². The first-order chi connectivity index (χ1) is 21.3. The van der Waals surface area contributed by atoms with Crippen molar-refractivity contribution < 1.29 is 28.5 Å². The first-order valence-electron chi connectivity index (χ1n) is 13.2. The van der Waals surface area contributed by atoms with Gasteiger partial charge in [0.2, 0.25) is 11.8 Å². The molecule has 0 aliphatic carbocycles. The van der Waals surface area contributed by atoms with Gasteiger partial charge in [-0.2, -0.15) is 0 Å². The van der Waals surface area contributed by atoms with E-state index in [1.165, 1.54) is 28.4 Å². The van der Waals surface area contributed by atoms with Crippen molar-refractivity contribution >= 4 is 57.8 Å². The molecule has 0 aliphatic heterocycles. The summed E-state index contributed by atoms with van der Waals surface area (Å²) in [6, 6.07) is 21.8. The van der Waals surface area contributed by atoms with Gasteiger partial charge in [0.1, 0.15) is 11.8 Å². The smallest absolute Gasteiger partial charge is 0.239 e. The average Bonchev–Trinajstić information content (AvgIpc) is 3.07. The molecule has 0 saturated heterocycles. The molecule has 12 heteroatoms. The number of hydrogen-bond acceptors (Lipinski definition) is 8. The van der Waals surface area contributed by atoms with Crippen molar-refractivity contribution in [1.82, 2.24) is 0 Å². The first kappa shape index (κ1) is 32.1. The van der Waals surface area contributed by atoms with Gasteiger partial charge >= 0.3 is 0 Å². The average molecular weight is 638 g/mol. The fraction of sp³-hybridized carbons (Fsp3) is 0.188. The molecule has 0 bridgehead atoms. The van der Waals surface area contributed by atoms with Gasteiger partial charge in [-0.25, -0.2) is 0 Å². The Bertz CT molecular complexity index is 1490. The quantitative estimate of drug-likeness (QED) is 0.121. The normalized spacial score (nSPS) is 10.8. The molecule has 0 aliphatic rings. The molecule has 0 fully saturated rings. The van der Waals surface area contributed by atoms with E-state index in [-0.39, 0.29) is 23.6 Å². The van der Waals surface area contributed by atoms with E-state index in [1.807, 2.05) is 48.5 Å². The third-order valence-corrected chi connectivity index (χ3v) is 6.94. The van der Waals surface area contributed by atoms with Crippen molar-refractivity contribution in [1.29, 1.82) is 0 Å². The van der Waals surface area contributed by atoms with Gasteiger partial charge in [-0.1, -0.05) is 24.3 Å². The molecule has 0 atom stereocenters. The number of carbonyl (C=O) groups excluding carboxylic acids is 2. The molecule has 0 unspecified atom stereocenters. The molecule has 0 spiro atoms. The highest BCUT2D eigenvalue weighted by atomic mass is 35.5. The van der Waals surface area contributed by atoms with E-state index >= 15 is 0 Å². The molecule has 0 heterocycles. The summed E-state index contributed by atoms with van der Waals surface area (Å²) < 4.78 is 22.6. The number of alkyl halides is 2. The van der Waals surface area contributed by atoms with E-state index in [0.717, 1.165) is 22.3 Å². The van der Waals surface area contributed by atoms with Crippen LogP contribution in [0.4, 0.5) is 22.7 Å². The maximum absolute atomic E-state index is 11.6. The second-order valence-electron chi connectivity index (χ2n) is 9.18. The molecule has 0 radical (unpaired) electrons. The molecule has 4 aromatic rings. The predicted molar refractivity (Wildman–Crippen MR) is 173 cm³/mol. The molecule has 4 rings (SSSR count). The standard InChI is InChI=1S/C32H30Cl2N4O6/c1-41-25-13-21(19-5-9-23(10-6-19)35-29(39)17-33)14-26(42-2)31(25)37-38-32-27(43-3)15-22(16-28(32)44-4)20-7-11-24(12-8-20)36-30(40)18-34/h5-16H,17-18H2,1-4H3,(H,35,39)(H,36,40). The maximum atomic E-state index is 11.6. The zero-order chi connectivity index (χ0) is 31.6. The SMILES string of the molecule is COc1cc(-c2ccc(NC(=O)CCl)cc2)cc(OC)c1N=Nc1c(OC)cc(-c2ccc(NC(=O)CCl)cc2)cc1OC. The Balaban J connectivity index is 1.67. The minimum Gasteiger partial charge on any atom is -0.494 e. The number of nitrogens with one attached hydrogen (secondary N) is 2. The maximum Gasteiger partial charge on any atom is 0.239 e. The lowest BCUT2D eigenvalue weighted by molar-refractivity contribution is -0.114. The number of methoxy groups -OCH3 is 4. The van der Waals surface area contributed by atoms with Crippen LogP contribution in [0, 0.1) is 0 Å². The number of rotatable bonds is 12. The summed E-state index contributed by atoms with van der Waals surface area (Å²) in [6.07, 6.45) is 0. The summed E-state index contributed by atoms with van der Waals surface area (Å²) in [5.74, 6) is 0.890. The molecular weight excluding hydrogens is 607 g/mol. The van der Waals surface area contributed by atoms with Crippen LogP contribution in [0.2, 0.25) is 0 Å². The number of benzene rings is 4. The zero-order valence-electron chi connectivity index (χ0n) is 24.4. The van der Waals surface area contributed by atoms with Gasteiger partial charge in [-0.15, -0.1) is 33.4 Å². The summed E-state index contributed by atoms with van der Waals surface area (Å²) in [5.41, 5.74) is 5.34. The van der Waals surface area contributed by atoms with Crippen LogP contribution in [0.3, 0.4) is 0 Å². The van der Waals surface area contributed by atoms with Gasteiger partial charge in [0.15, 0.2) is 34.4 Å². The van der Waals surface area contributed by atoms with Crippen LogP contribution in [0.5, 0.6) is 23.0 Å². The van der Waals surface area contributed by atoms with E-state index in [9.17, 15) is 9.59 Å². The van der Waals surface area contributed by atoms with Crippen LogP contribution in [0.15, 0.2) is 83.0 Å². The number of halogens is 2. The highest BCUT2D eigenvalue weighted by molar-refractivity contribution is 6.29. The van der Waals surface area contributed by atoms with Crippen molar-refractivity contribution in [3.8, 4) is 45.3 Å². The number of hydrogen-bond donors (Lipinski definition) is 2. The number of nitrogens with zero attached hydrogens (tertiary/aromatic N) is 2. The Labute approximate surface area is 264 Å². The second kappa shape index (κ2) is 15.1. The Morgan fingerprint density at radius 2 is 0.841 bits per heavy atom. The minimum atomic E-state index is -0.288. The molecule has 10 nitrogen and oxygen atoms in total. The van der Waals surface area contributed by atoms with E-state index in [2.05, 4.69) is 20.9 Å². The third kappa shape index (κ3) is 7.58. The number of amides is 2. The molecule has 44 heavy (non-hydrogen) atoms. The van der Waals surface area contributed by atoms with Gasteiger partial charge in [0.25, 0.3) is 0 Å². The Kier molecular flexibility index (Phi) is 11.0. The van der Waals surface area contributed by atoms with E-state index < -0.39 is 0 Å². The third-order valence-electron chi connectivity index (χ3n) is 6.46. The largest absolute Gasteiger partial charge is 0.494 e. The van der Waals surface area contributed by atoms with Gasteiger partial charge < -0.3 is 29.6 Å². The van der Waals surface area contributed by atoms with Crippen molar-refractivity contribution in [3.63, 3.8) is 0 Å². The molecule has 0 aromatic heterocycles. The van der Waals surface area contributed by atoms with Crippen LogP contribution < -0.4 is 29.6 Å². The summed E-state index contributed by atoms with van der Waals surface area (Å²) >= 11 is 11.2. The van der Waals surface area contributed by atoms with Gasteiger partial charge in [-0.3, -0.25) is 9.59 Å². The lowest BCUT2D eigenvalue weighted by Crippen LogP contribution is -2.12. The predicted octanol–water partition coefficient (Wildman–Crippen LogP) is 7.83. The number of carbonyl (C=O) groups is 2.